The Morgan fingerprint density at radius 2 is 1.23 bits per heavy atom. The summed E-state index contributed by atoms with van der Waals surface area (Å²) >= 11 is 0. The summed E-state index contributed by atoms with van der Waals surface area (Å²) in [6.07, 6.45) is -16.1. The van der Waals surface area contributed by atoms with Crippen LogP contribution >= 0.6 is 0 Å². The van der Waals surface area contributed by atoms with Crippen molar-refractivity contribution in [3.8, 4) is 0 Å². The molecule has 0 bridgehead atoms. The number of esters is 2. The van der Waals surface area contributed by atoms with Crippen molar-refractivity contribution in [2.45, 2.75) is 218 Å². The number of hydrogen-bond donors (Lipinski definition) is 10. The van der Waals surface area contributed by atoms with Gasteiger partial charge in [0.25, 0.3) is 0 Å². The van der Waals surface area contributed by atoms with Crippen molar-refractivity contribution in [1.82, 2.24) is 0 Å². The summed E-state index contributed by atoms with van der Waals surface area (Å²) in [5.41, 5.74) is -1.03. The van der Waals surface area contributed by atoms with E-state index in [-0.39, 0.29) is 39.4 Å². The van der Waals surface area contributed by atoms with Crippen LogP contribution in [0.2, 0.25) is 0 Å². The molecular weight excluding hydrogens is 921 g/mol. The van der Waals surface area contributed by atoms with Crippen LogP contribution in [0.1, 0.15) is 120 Å². The van der Waals surface area contributed by atoms with E-state index >= 15 is 4.79 Å². The third-order valence-electron chi connectivity index (χ3n) is 19.5. The van der Waals surface area contributed by atoms with E-state index in [0.717, 1.165) is 39.0 Å². The van der Waals surface area contributed by atoms with Crippen LogP contribution in [0.15, 0.2) is 11.6 Å². The van der Waals surface area contributed by atoms with Crippen molar-refractivity contribution in [2.75, 3.05) is 13.2 Å². The van der Waals surface area contributed by atoms with Gasteiger partial charge in [-0.15, -0.1) is 0 Å². The zero-order chi connectivity index (χ0) is 51.4. The predicted octanol–water partition coefficient (Wildman–Crippen LogP) is 0.804. The molecule has 398 valence electrons. The Morgan fingerprint density at radius 3 is 1.87 bits per heavy atom. The van der Waals surface area contributed by atoms with Gasteiger partial charge in [-0.2, -0.15) is 0 Å². The summed E-state index contributed by atoms with van der Waals surface area (Å²) in [5.74, 6) is -2.55. The van der Waals surface area contributed by atoms with Crippen LogP contribution in [-0.4, -0.2) is 180 Å². The number of aliphatic hydroxyl groups excluding tert-OH is 9. The van der Waals surface area contributed by atoms with Crippen LogP contribution in [0.5, 0.6) is 0 Å². The lowest BCUT2D eigenvalue weighted by Crippen LogP contribution is -2.66. The fourth-order valence-electron chi connectivity index (χ4n) is 15.1. The normalized spacial score (nSPS) is 50.8. The lowest BCUT2D eigenvalue weighted by Gasteiger charge is -2.71. The van der Waals surface area contributed by atoms with Gasteiger partial charge in [-0.05, 0) is 109 Å². The summed E-state index contributed by atoms with van der Waals surface area (Å²) in [6, 6.07) is 0. The summed E-state index contributed by atoms with van der Waals surface area (Å²) in [4.78, 5) is 38.3. The minimum atomic E-state index is -1.84. The molecule has 20 heteroatoms. The number of carbonyl (C=O) groups is 3. The topological polar surface area (TPSA) is 318 Å². The van der Waals surface area contributed by atoms with Crippen LogP contribution in [0.4, 0.5) is 0 Å². The van der Waals surface area contributed by atoms with E-state index in [4.69, 9.17) is 33.2 Å². The molecule has 0 aromatic carbocycles. The Hall–Kier alpha value is -2.41. The highest BCUT2D eigenvalue weighted by molar-refractivity contribution is 5.79. The van der Waals surface area contributed by atoms with Crippen LogP contribution in [-0.2, 0) is 47.5 Å². The maximum atomic E-state index is 15.0. The van der Waals surface area contributed by atoms with Crippen LogP contribution in [0.25, 0.3) is 0 Å². The van der Waals surface area contributed by atoms with Crippen molar-refractivity contribution in [3.63, 3.8) is 0 Å². The van der Waals surface area contributed by atoms with Crippen molar-refractivity contribution in [1.29, 1.82) is 0 Å². The van der Waals surface area contributed by atoms with Crippen molar-refractivity contribution < 1.29 is 98.6 Å². The Balaban J connectivity index is 0.998. The van der Waals surface area contributed by atoms with Gasteiger partial charge in [0, 0.05) is 6.92 Å². The number of allylic oxidation sites excluding steroid dienone is 2. The Bertz CT molecular complexity index is 2000. The van der Waals surface area contributed by atoms with Gasteiger partial charge in [-0.25, -0.2) is 4.79 Å². The summed E-state index contributed by atoms with van der Waals surface area (Å²) in [6.45, 7) is 16.0. The van der Waals surface area contributed by atoms with Crippen LogP contribution in [0, 0.1) is 50.2 Å². The number of ether oxygens (including phenoxy) is 7. The van der Waals surface area contributed by atoms with Gasteiger partial charge in [-0.1, -0.05) is 60.1 Å². The zero-order valence-corrected chi connectivity index (χ0v) is 41.6. The quantitative estimate of drug-likeness (QED) is 0.0822. The fourth-order valence-corrected chi connectivity index (χ4v) is 15.1. The lowest BCUT2D eigenvalue weighted by molar-refractivity contribution is -0.328. The maximum absolute atomic E-state index is 15.0. The molecule has 23 atom stereocenters. The first-order valence-electron chi connectivity index (χ1n) is 25.2. The molecule has 20 nitrogen and oxygen atoms in total. The molecule has 0 aromatic rings. The second-order valence-electron chi connectivity index (χ2n) is 24.2. The highest BCUT2D eigenvalue weighted by Crippen LogP contribution is 2.76. The highest BCUT2D eigenvalue weighted by atomic mass is 16.7. The molecule has 70 heavy (non-hydrogen) atoms. The SMILES string of the molecule is CC(=O)OC[C@H]1O[C@H](OC[C@H]2O[C@H](OC(=O)[C@]34CCC(C)(C)C[C@H]3C3=CC[C@@H]5[C@@]6(C)CC[C@H](O[C@@H]7O[C@H](C(=O)O)[C@@H](O)[C@H](O)[C@H]7O)C(C)(C)[C@@H]6CC[C@@]5(C)[C@]3(C)CC4)[C@H](O)[C@@H](O)[C@@H]2O)[C@H](O)[C@@H](O)[C@@H]1O. The molecule has 0 spiro atoms. The largest absolute Gasteiger partial charge is 0.479 e. The van der Waals surface area contributed by atoms with E-state index in [1.54, 1.807) is 0 Å². The molecule has 5 aliphatic carbocycles. The zero-order valence-electron chi connectivity index (χ0n) is 41.6. The molecule has 8 aliphatic rings. The molecule has 7 fully saturated rings. The molecular formula is C50H78O20. The summed E-state index contributed by atoms with van der Waals surface area (Å²) < 4.78 is 40.3. The van der Waals surface area contributed by atoms with Gasteiger partial charge in [0.05, 0.1) is 18.1 Å². The van der Waals surface area contributed by atoms with E-state index in [1.807, 2.05) is 0 Å². The van der Waals surface area contributed by atoms with E-state index in [0.29, 0.717) is 32.1 Å². The first-order valence-corrected chi connectivity index (χ1v) is 25.2. The number of carboxylic acids is 1. The first-order chi connectivity index (χ1) is 32.5. The van der Waals surface area contributed by atoms with E-state index < -0.39 is 140 Å². The first kappa shape index (κ1) is 53.9. The van der Waals surface area contributed by atoms with Crippen molar-refractivity contribution in [3.05, 3.63) is 11.6 Å². The average molecular weight is 999 g/mol. The highest BCUT2D eigenvalue weighted by Gasteiger charge is 2.70. The predicted molar refractivity (Wildman–Crippen MR) is 240 cm³/mol. The molecule has 3 heterocycles. The monoisotopic (exact) mass is 999 g/mol. The number of carboxylic acid groups (broad SMARTS) is 1. The van der Waals surface area contributed by atoms with Gasteiger partial charge >= 0.3 is 17.9 Å². The van der Waals surface area contributed by atoms with Gasteiger partial charge in [0.15, 0.2) is 18.7 Å². The number of carbonyl (C=O) groups excluding carboxylic acids is 2. The standard InChI is InChI=1S/C50H78O20/c1-22(51)64-20-25-30(52)32(54)36(58)41(66-25)65-21-26-31(53)33(55)37(59)42(67-26)70-44(63)50-17-15-45(2,3)19-24(50)23-9-10-28-47(6)13-12-29(68-43-38(60)34(56)35(57)39(69-43)40(61)62)46(4,5)27(47)11-14-49(28,8)48(23,7)16-18-50/h9,24-39,41-43,52-60H,10-21H2,1-8H3,(H,61,62)/t24-,25+,26+,27-,28+,29-,30+,31+,32-,33-,34-,35-,36+,37+,38+,39-,41-,42+,43+,47-,48+,49+,50-/m0/s1. The van der Waals surface area contributed by atoms with Crippen molar-refractivity contribution in [2.24, 2.45) is 50.2 Å². The van der Waals surface area contributed by atoms with Gasteiger partial charge in [0.1, 0.15) is 73.8 Å². The Kier molecular flexibility index (Phi) is 14.7. The minimum Gasteiger partial charge on any atom is -0.479 e. The Morgan fingerprint density at radius 1 is 0.643 bits per heavy atom. The molecule has 4 saturated carbocycles. The molecule has 0 radical (unpaired) electrons. The average Bonchev–Trinajstić information content (AvgIpc) is 3.28. The Labute approximate surface area is 408 Å². The summed E-state index contributed by atoms with van der Waals surface area (Å²) in [7, 11) is 0. The third-order valence-corrected chi connectivity index (χ3v) is 19.5. The van der Waals surface area contributed by atoms with E-state index in [9.17, 15) is 60.7 Å². The molecule has 3 saturated heterocycles. The van der Waals surface area contributed by atoms with Crippen molar-refractivity contribution >= 4 is 17.9 Å². The lowest BCUT2D eigenvalue weighted by atomic mass is 9.33. The van der Waals surface area contributed by atoms with E-state index in [2.05, 4.69) is 54.5 Å². The second-order valence-corrected chi connectivity index (χ2v) is 24.2. The van der Waals surface area contributed by atoms with Gasteiger partial charge in [-0.3, -0.25) is 9.59 Å². The van der Waals surface area contributed by atoms with Crippen LogP contribution in [0.3, 0.4) is 0 Å². The van der Waals surface area contributed by atoms with Crippen LogP contribution < -0.4 is 0 Å². The number of fused-ring (bicyclic) bond motifs is 7. The fraction of sp³-hybridized carbons (Fsp3) is 0.900. The molecule has 8 rings (SSSR count). The minimum absolute atomic E-state index is 0.123. The molecule has 10 N–H and O–H groups in total. The molecule has 0 aromatic heterocycles. The number of rotatable bonds is 10. The van der Waals surface area contributed by atoms with E-state index in [1.165, 1.54) is 5.57 Å². The number of aliphatic carboxylic acids is 1. The smallest absolute Gasteiger partial charge is 0.335 e. The molecule has 0 amide bonds. The van der Waals surface area contributed by atoms with Gasteiger partial charge in [0.2, 0.25) is 6.29 Å². The third kappa shape index (κ3) is 8.77. The molecule has 0 unspecified atom stereocenters. The van der Waals surface area contributed by atoms with Gasteiger partial charge < -0.3 is 84.2 Å². The number of aliphatic hydroxyl groups is 9. The number of hydrogen-bond acceptors (Lipinski definition) is 19. The molecule has 3 aliphatic heterocycles. The second kappa shape index (κ2) is 19.1. The summed E-state index contributed by atoms with van der Waals surface area (Å²) in [5, 5.41) is 106. The maximum Gasteiger partial charge on any atom is 0.335 e.